The van der Waals surface area contributed by atoms with Crippen LogP contribution in [0, 0.1) is 0 Å². The molecule has 1 heterocycles. The van der Waals surface area contributed by atoms with E-state index in [0.29, 0.717) is 6.54 Å². The van der Waals surface area contributed by atoms with Crippen molar-refractivity contribution in [3.63, 3.8) is 0 Å². The topological polar surface area (TPSA) is 56.2 Å². The number of carbonyl (C=O) groups excluding carboxylic acids is 1. The van der Waals surface area contributed by atoms with Crippen molar-refractivity contribution in [3.8, 4) is 0 Å². The molecule has 0 aliphatic rings. The van der Waals surface area contributed by atoms with E-state index in [-0.39, 0.29) is 0 Å². The molecule has 6 heteroatoms. The van der Waals surface area contributed by atoms with Gasteiger partial charge >= 0.3 is 6.09 Å². The van der Waals surface area contributed by atoms with Crippen LogP contribution >= 0.6 is 15.9 Å². The molecule has 0 unspecified atom stereocenters. The fourth-order valence-electron chi connectivity index (χ4n) is 1.45. The third kappa shape index (κ3) is 5.53. The number of nitrogens with zero attached hydrogens (tertiary/aromatic N) is 2. The molecule has 1 N–H and O–H groups in total. The summed E-state index contributed by atoms with van der Waals surface area (Å²) in [7, 11) is 0. The van der Waals surface area contributed by atoms with Crippen molar-refractivity contribution >= 4 is 22.0 Å². The van der Waals surface area contributed by atoms with E-state index < -0.39 is 17.2 Å². The van der Waals surface area contributed by atoms with Crippen molar-refractivity contribution in [2.24, 2.45) is 0 Å². The molecule has 5 nitrogen and oxygen atoms in total. The zero-order valence-electron chi connectivity index (χ0n) is 11.5. The molecule has 0 aliphatic carbocycles. The molecule has 0 saturated carbocycles. The van der Waals surface area contributed by atoms with Gasteiger partial charge in [-0.1, -0.05) is 0 Å². The number of carbonyl (C=O) groups is 1. The van der Waals surface area contributed by atoms with Gasteiger partial charge in [0.25, 0.3) is 0 Å². The second-order valence-corrected chi connectivity index (χ2v) is 6.78. The SMILES string of the molecule is CC(C)(Cn1cc(Br)cn1)NC(=O)OC(C)(C)C. The molecule has 0 bridgehead atoms. The number of nitrogens with one attached hydrogen (secondary N) is 1. The van der Waals surface area contributed by atoms with Crippen molar-refractivity contribution in [1.82, 2.24) is 15.1 Å². The van der Waals surface area contributed by atoms with E-state index in [1.165, 1.54) is 0 Å². The second-order valence-electron chi connectivity index (χ2n) is 5.87. The van der Waals surface area contributed by atoms with Crippen LogP contribution in [0.5, 0.6) is 0 Å². The van der Waals surface area contributed by atoms with E-state index in [2.05, 4.69) is 26.3 Å². The number of alkyl carbamates (subject to hydrolysis) is 1. The van der Waals surface area contributed by atoms with Gasteiger partial charge in [0.05, 0.1) is 22.8 Å². The highest BCUT2D eigenvalue weighted by molar-refractivity contribution is 9.10. The van der Waals surface area contributed by atoms with Gasteiger partial charge in [-0.2, -0.15) is 5.10 Å². The van der Waals surface area contributed by atoms with E-state index in [0.717, 1.165) is 4.47 Å². The molecule has 1 amide bonds. The van der Waals surface area contributed by atoms with E-state index >= 15 is 0 Å². The third-order valence-electron chi connectivity index (χ3n) is 2.00. The summed E-state index contributed by atoms with van der Waals surface area (Å²) in [5, 5.41) is 6.99. The predicted molar refractivity (Wildman–Crippen MR) is 73.4 cm³/mol. The molecule has 1 rings (SSSR count). The van der Waals surface area contributed by atoms with Crippen molar-refractivity contribution < 1.29 is 9.53 Å². The Labute approximate surface area is 116 Å². The minimum absolute atomic E-state index is 0.418. The lowest BCUT2D eigenvalue weighted by Gasteiger charge is -2.28. The first-order valence-electron chi connectivity index (χ1n) is 5.76. The predicted octanol–water partition coefficient (Wildman–Crippen LogP) is 2.95. The molecule has 0 saturated heterocycles. The van der Waals surface area contributed by atoms with Crippen LogP contribution in [0.4, 0.5) is 4.79 Å². The highest BCUT2D eigenvalue weighted by Crippen LogP contribution is 2.13. The summed E-state index contributed by atoms with van der Waals surface area (Å²) in [4.78, 5) is 11.7. The standard InChI is InChI=1S/C12H20BrN3O2/c1-11(2,3)18-10(17)15-12(4,5)8-16-7-9(13)6-14-16/h6-7H,8H2,1-5H3,(H,15,17). The van der Waals surface area contributed by atoms with Crippen molar-refractivity contribution in [1.29, 1.82) is 0 Å². The quantitative estimate of drug-likeness (QED) is 0.932. The van der Waals surface area contributed by atoms with Crippen molar-refractivity contribution in [3.05, 3.63) is 16.9 Å². The molecule has 102 valence electrons. The largest absolute Gasteiger partial charge is 0.444 e. The molecule has 0 aromatic carbocycles. The highest BCUT2D eigenvalue weighted by Gasteiger charge is 2.25. The van der Waals surface area contributed by atoms with Gasteiger partial charge in [-0.05, 0) is 50.5 Å². The van der Waals surface area contributed by atoms with Gasteiger partial charge < -0.3 is 10.1 Å². The van der Waals surface area contributed by atoms with Gasteiger partial charge in [0, 0.05) is 6.20 Å². The molecular weight excluding hydrogens is 298 g/mol. The van der Waals surface area contributed by atoms with Crippen LogP contribution in [-0.4, -0.2) is 27.0 Å². The number of aromatic nitrogens is 2. The first kappa shape index (κ1) is 15.0. The molecule has 0 fully saturated rings. The normalized spacial score (nSPS) is 12.3. The van der Waals surface area contributed by atoms with Crippen molar-refractivity contribution in [2.45, 2.75) is 52.3 Å². The minimum atomic E-state index is -0.491. The minimum Gasteiger partial charge on any atom is -0.444 e. The lowest BCUT2D eigenvalue weighted by atomic mass is 10.1. The summed E-state index contributed by atoms with van der Waals surface area (Å²) in [5.41, 5.74) is -0.928. The van der Waals surface area contributed by atoms with Crippen LogP contribution in [0.15, 0.2) is 16.9 Å². The van der Waals surface area contributed by atoms with Gasteiger partial charge in [-0.3, -0.25) is 4.68 Å². The maximum Gasteiger partial charge on any atom is 0.408 e. The Kier molecular flexibility index (Phi) is 4.42. The van der Waals surface area contributed by atoms with Gasteiger partial charge in [0.15, 0.2) is 0 Å². The smallest absolute Gasteiger partial charge is 0.408 e. The molecule has 1 aromatic heterocycles. The summed E-state index contributed by atoms with van der Waals surface area (Å²) < 4.78 is 7.91. The fraction of sp³-hybridized carbons (Fsp3) is 0.667. The number of ether oxygens (including phenoxy) is 1. The Balaban J connectivity index is 2.56. The maximum absolute atomic E-state index is 11.7. The Morgan fingerprint density at radius 2 is 2.06 bits per heavy atom. The van der Waals surface area contributed by atoms with Crippen LogP contribution in [0.3, 0.4) is 0 Å². The van der Waals surface area contributed by atoms with E-state index in [4.69, 9.17) is 4.74 Å². The zero-order chi connectivity index (χ0) is 14.0. The third-order valence-corrected chi connectivity index (χ3v) is 2.41. The van der Waals surface area contributed by atoms with Crippen LogP contribution < -0.4 is 5.32 Å². The van der Waals surface area contributed by atoms with E-state index in [1.54, 1.807) is 10.9 Å². The Morgan fingerprint density at radius 1 is 1.44 bits per heavy atom. The zero-order valence-corrected chi connectivity index (χ0v) is 13.0. The Hall–Kier alpha value is -1.04. The summed E-state index contributed by atoms with van der Waals surface area (Å²) in [5.74, 6) is 0. The molecule has 0 atom stereocenters. The number of amides is 1. The maximum atomic E-state index is 11.7. The second kappa shape index (κ2) is 5.30. The summed E-state index contributed by atoms with van der Waals surface area (Å²) in [6, 6.07) is 0. The fourth-order valence-corrected chi connectivity index (χ4v) is 1.78. The van der Waals surface area contributed by atoms with Crippen molar-refractivity contribution in [2.75, 3.05) is 0 Å². The van der Waals surface area contributed by atoms with Crippen LogP contribution in [0.2, 0.25) is 0 Å². The summed E-state index contributed by atoms with van der Waals surface area (Å²) in [6.45, 7) is 9.93. The van der Waals surface area contributed by atoms with Crippen LogP contribution in [0.1, 0.15) is 34.6 Å². The van der Waals surface area contributed by atoms with Crippen LogP contribution in [0.25, 0.3) is 0 Å². The van der Waals surface area contributed by atoms with E-state index in [9.17, 15) is 4.79 Å². The highest BCUT2D eigenvalue weighted by atomic mass is 79.9. The first-order chi connectivity index (χ1) is 8.07. The molecule has 18 heavy (non-hydrogen) atoms. The lowest BCUT2D eigenvalue weighted by molar-refractivity contribution is 0.0462. The molecular formula is C12H20BrN3O2. The van der Waals surface area contributed by atoms with Gasteiger partial charge in [0.1, 0.15) is 5.60 Å². The van der Waals surface area contributed by atoms with Gasteiger partial charge in [-0.25, -0.2) is 4.79 Å². The Bertz CT molecular complexity index is 421. The molecule has 0 spiro atoms. The number of halogens is 1. The van der Waals surface area contributed by atoms with Gasteiger partial charge in [-0.15, -0.1) is 0 Å². The molecule has 1 aromatic rings. The Morgan fingerprint density at radius 3 is 2.50 bits per heavy atom. The van der Waals surface area contributed by atoms with E-state index in [1.807, 2.05) is 40.8 Å². The monoisotopic (exact) mass is 317 g/mol. The van der Waals surface area contributed by atoms with Crippen LogP contribution in [-0.2, 0) is 11.3 Å². The average molecular weight is 318 g/mol. The first-order valence-corrected chi connectivity index (χ1v) is 6.56. The number of hydrogen-bond acceptors (Lipinski definition) is 3. The molecule has 0 radical (unpaired) electrons. The lowest BCUT2D eigenvalue weighted by Crippen LogP contribution is -2.48. The summed E-state index contributed by atoms with van der Waals surface area (Å²) >= 11 is 3.33. The number of hydrogen-bond donors (Lipinski definition) is 1. The average Bonchev–Trinajstić information content (AvgIpc) is 2.44. The number of rotatable bonds is 3. The molecule has 0 aliphatic heterocycles. The summed E-state index contributed by atoms with van der Waals surface area (Å²) in [6.07, 6.45) is 3.15. The van der Waals surface area contributed by atoms with Gasteiger partial charge in [0.2, 0.25) is 0 Å².